The standard InChI is InChI=1S/C25H35BrO4S/c1-5-28-22(27)24(4,18-6-9-21(20(26)12-18)31-19-7-8-19)13-17-10-11-25(14-17)29-15-23(2,3)16-30-25/h6,9,12,17,19H,5,7-8,10-11,13-16H2,1-4H3. The smallest absolute Gasteiger partial charge is 0.316 e. The van der Waals surface area contributed by atoms with E-state index in [-0.39, 0.29) is 11.4 Å². The minimum Gasteiger partial charge on any atom is -0.465 e. The van der Waals surface area contributed by atoms with E-state index in [0.29, 0.717) is 12.5 Å². The van der Waals surface area contributed by atoms with Gasteiger partial charge in [-0.2, -0.15) is 0 Å². The van der Waals surface area contributed by atoms with Crippen LogP contribution < -0.4 is 0 Å². The van der Waals surface area contributed by atoms with Crippen molar-refractivity contribution < 1.29 is 19.0 Å². The summed E-state index contributed by atoms with van der Waals surface area (Å²) in [6.45, 7) is 10.1. The lowest BCUT2D eigenvalue weighted by Crippen LogP contribution is -2.46. The normalized spacial score (nSPS) is 26.5. The van der Waals surface area contributed by atoms with Gasteiger partial charge in [-0.05, 0) is 79.1 Å². The number of carbonyl (C=O) groups excluding carboxylic acids is 1. The lowest BCUT2D eigenvalue weighted by molar-refractivity contribution is -0.296. The third kappa shape index (κ3) is 5.34. The summed E-state index contributed by atoms with van der Waals surface area (Å²) in [5.74, 6) is -0.256. The Morgan fingerprint density at radius 2 is 1.97 bits per heavy atom. The number of rotatable bonds is 7. The van der Waals surface area contributed by atoms with E-state index in [1.807, 2.05) is 25.6 Å². The number of hydrogen-bond acceptors (Lipinski definition) is 5. The topological polar surface area (TPSA) is 44.8 Å². The molecule has 0 aromatic heterocycles. The summed E-state index contributed by atoms with van der Waals surface area (Å²) in [4.78, 5) is 14.4. The number of esters is 1. The van der Waals surface area contributed by atoms with Gasteiger partial charge < -0.3 is 14.2 Å². The molecular formula is C25H35BrO4S. The van der Waals surface area contributed by atoms with Gasteiger partial charge >= 0.3 is 5.97 Å². The van der Waals surface area contributed by atoms with Gasteiger partial charge in [-0.1, -0.05) is 19.9 Å². The van der Waals surface area contributed by atoms with E-state index in [4.69, 9.17) is 14.2 Å². The van der Waals surface area contributed by atoms with E-state index in [0.717, 1.165) is 54.2 Å². The molecule has 1 spiro atoms. The molecule has 0 bridgehead atoms. The molecule has 2 atom stereocenters. The molecule has 2 saturated carbocycles. The summed E-state index contributed by atoms with van der Waals surface area (Å²) >= 11 is 5.68. The molecule has 172 valence electrons. The van der Waals surface area contributed by atoms with E-state index in [9.17, 15) is 4.79 Å². The van der Waals surface area contributed by atoms with Crippen LogP contribution in [0.15, 0.2) is 27.6 Å². The van der Waals surface area contributed by atoms with Gasteiger partial charge in [0, 0.05) is 32.9 Å². The molecule has 31 heavy (non-hydrogen) atoms. The molecule has 4 rings (SSSR count). The molecule has 1 heterocycles. The second kappa shape index (κ2) is 9.00. The number of benzene rings is 1. The van der Waals surface area contributed by atoms with Crippen LogP contribution in [0.25, 0.3) is 0 Å². The zero-order chi connectivity index (χ0) is 22.3. The Morgan fingerprint density at radius 3 is 2.58 bits per heavy atom. The summed E-state index contributed by atoms with van der Waals surface area (Å²) in [5, 5.41) is 0.744. The number of thioether (sulfide) groups is 1. The highest BCUT2D eigenvalue weighted by Gasteiger charge is 2.49. The molecule has 3 aliphatic rings. The molecule has 4 nitrogen and oxygen atoms in total. The van der Waals surface area contributed by atoms with Crippen molar-refractivity contribution in [3.8, 4) is 0 Å². The molecule has 6 heteroatoms. The Bertz CT molecular complexity index is 812. The Hall–Kier alpha value is -0.560. The van der Waals surface area contributed by atoms with Crippen molar-refractivity contribution in [3.63, 3.8) is 0 Å². The van der Waals surface area contributed by atoms with Crippen LogP contribution in [0.2, 0.25) is 0 Å². The third-order valence-electron chi connectivity index (χ3n) is 6.79. The molecule has 1 aliphatic heterocycles. The van der Waals surface area contributed by atoms with Crippen molar-refractivity contribution >= 4 is 33.7 Å². The first-order valence-corrected chi connectivity index (χ1v) is 13.2. The second-order valence-electron chi connectivity index (χ2n) is 10.5. The van der Waals surface area contributed by atoms with E-state index >= 15 is 0 Å². The molecule has 3 fully saturated rings. The highest BCUT2D eigenvalue weighted by Crippen LogP contribution is 2.48. The molecule has 2 unspecified atom stereocenters. The average Bonchev–Trinajstić information content (AvgIpc) is 3.46. The first-order chi connectivity index (χ1) is 14.6. The molecule has 2 aliphatic carbocycles. The Labute approximate surface area is 199 Å². The minimum atomic E-state index is -0.689. The fourth-order valence-electron chi connectivity index (χ4n) is 4.73. The summed E-state index contributed by atoms with van der Waals surface area (Å²) in [7, 11) is 0. The number of carbonyl (C=O) groups is 1. The van der Waals surface area contributed by atoms with Crippen molar-refractivity contribution in [1.82, 2.24) is 0 Å². The zero-order valence-corrected chi connectivity index (χ0v) is 21.6. The largest absolute Gasteiger partial charge is 0.465 e. The molecule has 0 radical (unpaired) electrons. The summed E-state index contributed by atoms with van der Waals surface area (Å²) < 4.78 is 19.1. The van der Waals surface area contributed by atoms with E-state index in [1.165, 1.54) is 17.7 Å². The van der Waals surface area contributed by atoms with Gasteiger partial charge in [0.25, 0.3) is 0 Å². The summed E-state index contributed by atoms with van der Waals surface area (Å²) in [6, 6.07) is 6.40. The van der Waals surface area contributed by atoms with Gasteiger partial charge in [0.15, 0.2) is 5.79 Å². The van der Waals surface area contributed by atoms with Gasteiger partial charge in [-0.25, -0.2) is 0 Å². The highest BCUT2D eigenvalue weighted by molar-refractivity contribution is 9.10. The predicted molar refractivity (Wildman–Crippen MR) is 127 cm³/mol. The van der Waals surface area contributed by atoms with Crippen molar-refractivity contribution in [2.75, 3.05) is 19.8 Å². The molecule has 0 amide bonds. The quantitative estimate of drug-likeness (QED) is 0.392. The molecule has 1 aromatic rings. The molecular weight excluding hydrogens is 476 g/mol. The van der Waals surface area contributed by atoms with Gasteiger partial charge in [0.05, 0.1) is 25.2 Å². The molecule has 1 aromatic carbocycles. The number of ether oxygens (including phenoxy) is 3. The Kier molecular flexibility index (Phi) is 6.85. The SMILES string of the molecule is CCOC(=O)C(C)(CC1CCC2(C1)OCC(C)(C)CO2)c1ccc(SC2CC2)c(Br)c1. The average molecular weight is 512 g/mol. The van der Waals surface area contributed by atoms with Crippen LogP contribution >= 0.6 is 27.7 Å². The first kappa shape index (κ1) is 23.6. The van der Waals surface area contributed by atoms with Crippen LogP contribution in [0.5, 0.6) is 0 Å². The van der Waals surface area contributed by atoms with Crippen LogP contribution in [0.4, 0.5) is 0 Å². The maximum absolute atomic E-state index is 13.2. The highest BCUT2D eigenvalue weighted by atomic mass is 79.9. The van der Waals surface area contributed by atoms with Crippen LogP contribution in [0, 0.1) is 11.3 Å². The second-order valence-corrected chi connectivity index (χ2v) is 12.7. The van der Waals surface area contributed by atoms with Gasteiger partial charge in [0.2, 0.25) is 0 Å². The van der Waals surface area contributed by atoms with E-state index < -0.39 is 11.2 Å². The lowest BCUT2D eigenvalue weighted by atomic mass is 9.74. The van der Waals surface area contributed by atoms with Gasteiger partial charge in [0.1, 0.15) is 0 Å². The van der Waals surface area contributed by atoms with Crippen LogP contribution in [0.1, 0.15) is 71.8 Å². The van der Waals surface area contributed by atoms with E-state index in [2.05, 4.69) is 48.0 Å². The minimum absolute atomic E-state index is 0.0648. The third-order valence-corrected chi connectivity index (χ3v) is 9.13. The van der Waals surface area contributed by atoms with Crippen LogP contribution in [-0.2, 0) is 24.4 Å². The summed E-state index contributed by atoms with van der Waals surface area (Å²) in [6.07, 6.45) is 6.08. The fraction of sp³-hybridized carbons (Fsp3) is 0.720. The number of halogens is 1. The van der Waals surface area contributed by atoms with Crippen LogP contribution in [0.3, 0.4) is 0 Å². The van der Waals surface area contributed by atoms with Crippen LogP contribution in [-0.4, -0.2) is 36.8 Å². The molecule has 1 saturated heterocycles. The number of hydrogen-bond donors (Lipinski definition) is 0. The van der Waals surface area contributed by atoms with Gasteiger partial charge in [-0.15, -0.1) is 11.8 Å². The van der Waals surface area contributed by atoms with Crippen molar-refractivity contribution in [1.29, 1.82) is 0 Å². The maximum Gasteiger partial charge on any atom is 0.316 e. The molecule has 0 N–H and O–H groups in total. The fourth-order valence-corrected chi connectivity index (χ4v) is 6.44. The zero-order valence-electron chi connectivity index (χ0n) is 19.2. The Morgan fingerprint density at radius 1 is 1.26 bits per heavy atom. The predicted octanol–water partition coefficient (Wildman–Crippen LogP) is 6.48. The first-order valence-electron chi connectivity index (χ1n) is 11.6. The van der Waals surface area contributed by atoms with Gasteiger partial charge in [-0.3, -0.25) is 4.79 Å². The maximum atomic E-state index is 13.2. The van der Waals surface area contributed by atoms with E-state index in [1.54, 1.807) is 0 Å². The monoisotopic (exact) mass is 510 g/mol. The summed E-state index contributed by atoms with van der Waals surface area (Å²) in [5.41, 5.74) is 0.395. The lowest BCUT2D eigenvalue weighted by Gasteiger charge is -2.42. The van der Waals surface area contributed by atoms with Crippen molar-refractivity contribution in [2.45, 2.75) is 87.6 Å². The van der Waals surface area contributed by atoms with Crippen molar-refractivity contribution in [3.05, 3.63) is 28.2 Å². The van der Waals surface area contributed by atoms with Crippen molar-refractivity contribution in [2.24, 2.45) is 11.3 Å². The Balaban J connectivity index is 1.51.